The van der Waals surface area contributed by atoms with Crippen molar-refractivity contribution in [2.45, 2.75) is 24.0 Å². The molecule has 4 rings (SSSR count). The van der Waals surface area contributed by atoms with Crippen molar-refractivity contribution in [3.8, 4) is 0 Å². The number of thioether (sulfide) groups is 1. The van der Waals surface area contributed by atoms with Gasteiger partial charge < -0.3 is 20.1 Å². The summed E-state index contributed by atoms with van der Waals surface area (Å²) in [5.41, 5.74) is 1.65. The predicted octanol–water partition coefficient (Wildman–Crippen LogP) is 2.79. The van der Waals surface area contributed by atoms with Crippen LogP contribution < -0.4 is 10.6 Å². The van der Waals surface area contributed by atoms with Gasteiger partial charge in [-0.05, 0) is 43.2 Å². The summed E-state index contributed by atoms with van der Waals surface area (Å²) in [6.45, 7) is 0.511. The summed E-state index contributed by atoms with van der Waals surface area (Å²) >= 11 is 1.27. The molecular formula is C23H24N6O3S. The number of hydrogen-bond acceptors (Lipinski definition) is 6. The lowest BCUT2D eigenvalue weighted by Crippen LogP contribution is -2.43. The van der Waals surface area contributed by atoms with Gasteiger partial charge in [0.15, 0.2) is 5.16 Å². The van der Waals surface area contributed by atoms with Gasteiger partial charge in [0.25, 0.3) is 5.91 Å². The first-order valence-corrected chi connectivity index (χ1v) is 11.5. The van der Waals surface area contributed by atoms with E-state index in [1.165, 1.54) is 11.8 Å². The number of carbonyl (C=O) groups is 3. The van der Waals surface area contributed by atoms with E-state index in [9.17, 15) is 14.4 Å². The zero-order valence-corrected chi connectivity index (χ0v) is 18.9. The first-order valence-electron chi connectivity index (χ1n) is 10.5. The van der Waals surface area contributed by atoms with Crippen LogP contribution in [0.5, 0.6) is 0 Å². The number of nitrogens with zero attached hydrogens (tertiary/aromatic N) is 4. The highest BCUT2D eigenvalue weighted by molar-refractivity contribution is 7.99. The number of amides is 3. The normalized spacial score (nSPS) is 15.3. The van der Waals surface area contributed by atoms with Gasteiger partial charge in [0, 0.05) is 30.5 Å². The largest absolute Gasteiger partial charge is 0.327 e. The van der Waals surface area contributed by atoms with Crippen LogP contribution in [0.25, 0.3) is 0 Å². The van der Waals surface area contributed by atoms with Crippen LogP contribution in [-0.4, -0.2) is 55.7 Å². The quantitative estimate of drug-likeness (QED) is 0.521. The first-order chi connectivity index (χ1) is 16.0. The van der Waals surface area contributed by atoms with E-state index >= 15 is 0 Å². The van der Waals surface area contributed by atoms with Crippen LogP contribution >= 0.6 is 11.8 Å². The molecular weight excluding hydrogens is 440 g/mol. The molecule has 1 aliphatic heterocycles. The third-order valence-electron chi connectivity index (χ3n) is 5.25. The molecule has 3 amide bonds. The second kappa shape index (κ2) is 10.3. The maximum atomic E-state index is 13.2. The Morgan fingerprint density at radius 3 is 2.61 bits per heavy atom. The fourth-order valence-corrected chi connectivity index (χ4v) is 4.34. The molecule has 2 aromatic carbocycles. The molecule has 2 N–H and O–H groups in total. The van der Waals surface area contributed by atoms with Crippen LogP contribution in [0.3, 0.4) is 0 Å². The fraction of sp³-hybridized carbons (Fsp3) is 0.261. The molecule has 1 fully saturated rings. The highest BCUT2D eigenvalue weighted by Gasteiger charge is 2.34. The van der Waals surface area contributed by atoms with Gasteiger partial charge in [-0.2, -0.15) is 0 Å². The Bertz CT molecular complexity index is 1150. The third kappa shape index (κ3) is 5.58. The van der Waals surface area contributed by atoms with Crippen molar-refractivity contribution in [2.75, 3.05) is 22.9 Å². The number of nitrogens with one attached hydrogen (secondary N) is 2. The predicted molar refractivity (Wildman–Crippen MR) is 126 cm³/mol. The summed E-state index contributed by atoms with van der Waals surface area (Å²) < 4.78 is 1.73. The lowest BCUT2D eigenvalue weighted by molar-refractivity contribution is -0.119. The van der Waals surface area contributed by atoms with Crippen molar-refractivity contribution in [1.29, 1.82) is 0 Å². The second-order valence-electron chi connectivity index (χ2n) is 7.65. The van der Waals surface area contributed by atoms with Crippen molar-refractivity contribution in [3.63, 3.8) is 0 Å². The van der Waals surface area contributed by atoms with E-state index in [0.29, 0.717) is 35.1 Å². The van der Waals surface area contributed by atoms with E-state index in [-0.39, 0.29) is 23.5 Å². The van der Waals surface area contributed by atoms with Gasteiger partial charge in [-0.25, -0.2) is 0 Å². The maximum absolute atomic E-state index is 13.2. The smallest absolute Gasteiger partial charge is 0.254 e. The van der Waals surface area contributed by atoms with Gasteiger partial charge in [0.1, 0.15) is 12.4 Å². The average molecular weight is 465 g/mol. The number of aryl methyl sites for hydroxylation is 1. The van der Waals surface area contributed by atoms with Gasteiger partial charge in [-0.1, -0.05) is 36.0 Å². The SMILES string of the molecule is Cn1cnnc1SCC(=O)Nc1cccc(C(=O)N2CCCC2C(=O)Nc2ccccc2)c1. The molecule has 0 spiro atoms. The van der Waals surface area contributed by atoms with E-state index < -0.39 is 6.04 Å². The molecule has 0 aliphatic carbocycles. The molecule has 1 aliphatic rings. The topological polar surface area (TPSA) is 109 Å². The Labute approximate surface area is 195 Å². The molecule has 1 saturated heterocycles. The van der Waals surface area contributed by atoms with Crippen LogP contribution in [-0.2, 0) is 16.6 Å². The van der Waals surface area contributed by atoms with Gasteiger partial charge in [0.05, 0.1) is 5.75 Å². The summed E-state index contributed by atoms with van der Waals surface area (Å²) in [4.78, 5) is 39.9. The average Bonchev–Trinajstić information content (AvgIpc) is 3.47. The minimum atomic E-state index is -0.529. The molecule has 1 atom stereocenters. The highest BCUT2D eigenvalue weighted by atomic mass is 32.2. The molecule has 10 heteroatoms. The number of anilines is 2. The van der Waals surface area contributed by atoms with E-state index in [0.717, 1.165) is 6.42 Å². The fourth-order valence-electron chi connectivity index (χ4n) is 3.66. The van der Waals surface area contributed by atoms with Gasteiger partial charge >= 0.3 is 0 Å². The van der Waals surface area contributed by atoms with E-state index in [4.69, 9.17) is 0 Å². The number of hydrogen-bond donors (Lipinski definition) is 2. The molecule has 0 radical (unpaired) electrons. The Kier molecular flexibility index (Phi) is 7.04. The zero-order valence-electron chi connectivity index (χ0n) is 18.1. The number of aromatic nitrogens is 3. The number of benzene rings is 2. The van der Waals surface area contributed by atoms with Crippen molar-refractivity contribution < 1.29 is 14.4 Å². The molecule has 3 aromatic rings. The Balaban J connectivity index is 1.38. The molecule has 0 bridgehead atoms. The summed E-state index contributed by atoms with van der Waals surface area (Å²) in [5, 5.41) is 14.1. The monoisotopic (exact) mass is 464 g/mol. The minimum Gasteiger partial charge on any atom is -0.327 e. The van der Waals surface area contributed by atoms with Crippen LogP contribution in [0, 0.1) is 0 Å². The van der Waals surface area contributed by atoms with Gasteiger partial charge in [-0.3, -0.25) is 14.4 Å². The van der Waals surface area contributed by atoms with Crippen LogP contribution in [0.4, 0.5) is 11.4 Å². The molecule has 1 unspecified atom stereocenters. The van der Waals surface area contributed by atoms with Crippen molar-refractivity contribution in [3.05, 3.63) is 66.5 Å². The summed E-state index contributed by atoms with van der Waals surface area (Å²) in [5.74, 6) is -0.477. The molecule has 1 aromatic heterocycles. The number of carbonyl (C=O) groups excluding carboxylic acids is 3. The van der Waals surface area contributed by atoms with Crippen LogP contribution in [0.2, 0.25) is 0 Å². The van der Waals surface area contributed by atoms with E-state index in [1.54, 1.807) is 47.1 Å². The zero-order chi connectivity index (χ0) is 23.2. The molecule has 9 nitrogen and oxygen atoms in total. The van der Waals surface area contributed by atoms with E-state index in [2.05, 4.69) is 20.8 Å². The van der Waals surface area contributed by atoms with Crippen LogP contribution in [0.1, 0.15) is 23.2 Å². The lowest BCUT2D eigenvalue weighted by Gasteiger charge is -2.24. The van der Waals surface area contributed by atoms with Gasteiger partial charge in [0.2, 0.25) is 11.8 Å². The number of rotatable bonds is 7. The minimum absolute atomic E-state index is 0.165. The Hall–Kier alpha value is -3.66. The van der Waals surface area contributed by atoms with E-state index in [1.807, 2.05) is 30.3 Å². The van der Waals surface area contributed by atoms with Crippen molar-refractivity contribution >= 4 is 40.9 Å². The molecule has 170 valence electrons. The summed E-state index contributed by atoms with van der Waals surface area (Å²) in [6, 6.07) is 15.4. The summed E-state index contributed by atoms with van der Waals surface area (Å²) in [6.07, 6.45) is 2.94. The highest BCUT2D eigenvalue weighted by Crippen LogP contribution is 2.23. The van der Waals surface area contributed by atoms with Crippen molar-refractivity contribution in [2.24, 2.45) is 7.05 Å². The number of para-hydroxylation sites is 1. The standard InChI is InChI=1S/C23H24N6O3S/c1-28-15-24-27-23(28)33-14-20(30)25-18-10-5-7-16(13-18)22(32)29-12-6-11-19(29)21(31)26-17-8-3-2-4-9-17/h2-5,7-10,13,15,19H,6,11-12,14H2,1H3,(H,25,30)(H,26,31). The maximum Gasteiger partial charge on any atom is 0.254 e. The Morgan fingerprint density at radius 2 is 1.85 bits per heavy atom. The Morgan fingerprint density at radius 1 is 1.06 bits per heavy atom. The third-order valence-corrected chi connectivity index (χ3v) is 6.29. The van der Waals surface area contributed by atoms with Crippen molar-refractivity contribution in [1.82, 2.24) is 19.7 Å². The molecule has 33 heavy (non-hydrogen) atoms. The number of likely N-dealkylation sites (tertiary alicyclic amines) is 1. The molecule has 2 heterocycles. The first kappa shape index (κ1) is 22.5. The molecule has 0 saturated carbocycles. The second-order valence-corrected chi connectivity index (χ2v) is 8.60. The summed E-state index contributed by atoms with van der Waals surface area (Å²) in [7, 11) is 1.81. The lowest BCUT2D eigenvalue weighted by atomic mass is 10.1. The van der Waals surface area contributed by atoms with Crippen LogP contribution in [0.15, 0.2) is 66.1 Å². The van der Waals surface area contributed by atoms with Gasteiger partial charge in [-0.15, -0.1) is 10.2 Å².